The van der Waals surface area contributed by atoms with Crippen molar-refractivity contribution in [1.29, 1.82) is 0 Å². The number of halogens is 1. The van der Waals surface area contributed by atoms with E-state index >= 15 is 0 Å². The van der Waals surface area contributed by atoms with Gasteiger partial charge in [-0.2, -0.15) is 5.10 Å². The number of rotatable bonds is 7. The summed E-state index contributed by atoms with van der Waals surface area (Å²) < 4.78 is 11.8. The minimum absolute atomic E-state index is 0.116. The van der Waals surface area contributed by atoms with Crippen molar-refractivity contribution in [2.75, 3.05) is 19.8 Å². The highest BCUT2D eigenvalue weighted by molar-refractivity contribution is 9.10. The molecule has 0 heterocycles. The molecule has 0 aromatic heterocycles. The third kappa shape index (κ3) is 6.51. The number of nitrogens with one attached hydrogen (secondary N) is 1. The van der Waals surface area contributed by atoms with Gasteiger partial charge in [0.15, 0.2) is 5.11 Å². The fraction of sp³-hybridized carbons (Fsp3) is 0.333. The summed E-state index contributed by atoms with van der Waals surface area (Å²) in [6, 6.07) is 5.65. The summed E-state index contributed by atoms with van der Waals surface area (Å²) in [4.78, 5) is 0. The van der Waals surface area contributed by atoms with Crippen molar-refractivity contribution >= 4 is 39.5 Å². The molecule has 0 bridgehead atoms. The maximum atomic E-state index is 5.62. The molecule has 0 saturated carbocycles. The maximum absolute atomic E-state index is 5.62. The summed E-state index contributed by atoms with van der Waals surface area (Å²) in [5, 5.41) is 4.03. The molecule has 0 aliphatic carbocycles. The lowest BCUT2D eigenvalue weighted by molar-refractivity contribution is 0.110. The number of ether oxygens (including phenoxy) is 2. The Bertz CT molecular complexity index is 455. The standard InChI is InChI=1S/C12H16BrN3O2S/c1-2-17-5-6-18-11-4-3-10(13)7-9(11)8-15-16-12(14)19/h3-4,7-8H,2,5-6H2,1H3,(H3,14,16,19). The average Bonchev–Trinajstić information content (AvgIpc) is 2.36. The average molecular weight is 346 g/mol. The highest BCUT2D eigenvalue weighted by atomic mass is 79.9. The van der Waals surface area contributed by atoms with Crippen molar-refractivity contribution in [2.45, 2.75) is 6.92 Å². The van der Waals surface area contributed by atoms with Gasteiger partial charge in [0.1, 0.15) is 12.4 Å². The van der Waals surface area contributed by atoms with Gasteiger partial charge in [-0.15, -0.1) is 0 Å². The Labute approximate surface area is 126 Å². The van der Waals surface area contributed by atoms with E-state index in [1.165, 1.54) is 0 Å². The van der Waals surface area contributed by atoms with E-state index in [2.05, 4.69) is 38.7 Å². The first kappa shape index (κ1) is 15.9. The molecular weight excluding hydrogens is 330 g/mol. The first-order valence-corrected chi connectivity index (χ1v) is 6.92. The van der Waals surface area contributed by atoms with Gasteiger partial charge >= 0.3 is 0 Å². The molecule has 0 unspecified atom stereocenters. The van der Waals surface area contributed by atoms with Gasteiger partial charge in [0.25, 0.3) is 0 Å². The first-order chi connectivity index (χ1) is 9.13. The molecule has 0 spiro atoms. The fourth-order valence-corrected chi connectivity index (χ4v) is 1.70. The molecule has 5 nitrogen and oxygen atoms in total. The maximum Gasteiger partial charge on any atom is 0.184 e. The highest BCUT2D eigenvalue weighted by Gasteiger charge is 2.02. The molecule has 3 N–H and O–H groups in total. The van der Waals surface area contributed by atoms with Crippen molar-refractivity contribution in [1.82, 2.24) is 5.43 Å². The van der Waals surface area contributed by atoms with Crippen LogP contribution >= 0.6 is 28.1 Å². The van der Waals surface area contributed by atoms with Crippen LogP contribution in [0.4, 0.5) is 0 Å². The molecule has 19 heavy (non-hydrogen) atoms. The minimum Gasteiger partial charge on any atom is -0.491 e. The number of benzene rings is 1. The lowest BCUT2D eigenvalue weighted by atomic mass is 10.2. The van der Waals surface area contributed by atoms with Crippen LogP contribution in [0.2, 0.25) is 0 Å². The molecular formula is C12H16BrN3O2S. The van der Waals surface area contributed by atoms with E-state index in [4.69, 9.17) is 15.2 Å². The van der Waals surface area contributed by atoms with Crippen LogP contribution in [0, 0.1) is 0 Å². The van der Waals surface area contributed by atoms with Crippen molar-refractivity contribution in [3.8, 4) is 5.75 Å². The zero-order chi connectivity index (χ0) is 14.1. The van der Waals surface area contributed by atoms with Crippen LogP contribution < -0.4 is 15.9 Å². The molecule has 0 amide bonds. The number of nitrogens with two attached hydrogens (primary N) is 1. The quantitative estimate of drug-likeness (QED) is 0.342. The zero-order valence-corrected chi connectivity index (χ0v) is 13.0. The normalized spacial score (nSPS) is 10.6. The smallest absolute Gasteiger partial charge is 0.184 e. The van der Waals surface area contributed by atoms with E-state index in [9.17, 15) is 0 Å². The van der Waals surface area contributed by atoms with Crippen LogP contribution in [0.3, 0.4) is 0 Å². The zero-order valence-electron chi connectivity index (χ0n) is 10.6. The largest absolute Gasteiger partial charge is 0.491 e. The van der Waals surface area contributed by atoms with E-state index in [0.717, 1.165) is 15.8 Å². The monoisotopic (exact) mass is 345 g/mol. The summed E-state index contributed by atoms with van der Waals surface area (Å²) in [7, 11) is 0. The summed E-state index contributed by atoms with van der Waals surface area (Å²) in [6.07, 6.45) is 1.60. The Morgan fingerprint density at radius 3 is 3.00 bits per heavy atom. The molecule has 0 aliphatic rings. The fourth-order valence-electron chi connectivity index (χ4n) is 1.27. The summed E-state index contributed by atoms with van der Waals surface area (Å²) in [5.74, 6) is 0.719. The van der Waals surface area contributed by atoms with Gasteiger partial charge in [-0.1, -0.05) is 15.9 Å². The number of nitrogens with zero attached hydrogens (tertiary/aromatic N) is 1. The van der Waals surface area contributed by atoms with E-state index in [0.29, 0.717) is 19.8 Å². The third-order valence-corrected chi connectivity index (χ3v) is 2.62. The third-order valence-electron chi connectivity index (χ3n) is 2.04. The molecule has 1 rings (SSSR count). The summed E-state index contributed by atoms with van der Waals surface area (Å²) in [6.45, 7) is 3.66. The SMILES string of the molecule is CCOCCOc1ccc(Br)cc1C=NNC(N)=S. The lowest BCUT2D eigenvalue weighted by Gasteiger charge is -2.09. The van der Waals surface area contributed by atoms with E-state index in [1.807, 2.05) is 25.1 Å². The molecule has 1 aromatic rings. The number of hydrogen-bond acceptors (Lipinski definition) is 4. The molecule has 0 saturated heterocycles. The molecule has 0 aliphatic heterocycles. The van der Waals surface area contributed by atoms with Gasteiger partial charge in [-0.05, 0) is 37.3 Å². The second-order valence-corrected chi connectivity index (χ2v) is 4.82. The number of hydrogen-bond donors (Lipinski definition) is 2. The number of thiocarbonyl (C=S) groups is 1. The number of hydrazone groups is 1. The van der Waals surface area contributed by atoms with Gasteiger partial charge in [-0.3, -0.25) is 5.43 Å². The molecule has 0 atom stereocenters. The Hall–Kier alpha value is -1.18. The van der Waals surface area contributed by atoms with Crippen LogP contribution in [0.25, 0.3) is 0 Å². The Kier molecular flexibility index (Phi) is 7.39. The Morgan fingerprint density at radius 1 is 1.53 bits per heavy atom. The van der Waals surface area contributed by atoms with Gasteiger partial charge in [0.2, 0.25) is 0 Å². The van der Waals surface area contributed by atoms with E-state index in [1.54, 1.807) is 6.21 Å². The second kappa shape index (κ2) is 8.84. The van der Waals surface area contributed by atoms with Crippen LogP contribution in [0.1, 0.15) is 12.5 Å². The van der Waals surface area contributed by atoms with Gasteiger partial charge in [-0.25, -0.2) is 0 Å². The molecule has 1 aromatic carbocycles. The van der Waals surface area contributed by atoms with Crippen molar-refractivity contribution in [3.05, 3.63) is 28.2 Å². The summed E-state index contributed by atoms with van der Waals surface area (Å²) >= 11 is 8.06. The van der Waals surface area contributed by atoms with Crippen molar-refractivity contribution in [3.63, 3.8) is 0 Å². The highest BCUT2D eigenvalue weighted by Crippen LogP contribution is 2.21. The first-order valence-electron chi connectivity index (χ1n) is 5.72. The van der Waals surface area contributed by atoms with Crippen LogP contribution in [0.5, 0.6) is 5.75 Å². The van der Waals surface area contributed by atoms with Gasteiger partial charge < -0.3 is 15.2 Å². The minimum atomic E-state index is 0.116. The van der Waals surface area contributed by atoms with Gasteiger partial charge in [0, 0.05) is 16.6 Å². The van der Waals surface area contributed by atoms with Crippen LogP contribution in [-0.4, -0.2) is 31.1 Å². The van der Waals surface area contributed by atoms with E-state index < -0.39 is 0 Å². The summed E-state index contributed by atoms with van der Waals surface area (Å²) in [5.41, 5.74) is 8.60. The Morgan fingerprint density at radius 2 is 2.32 bits per heavy atom. The molecule has 7 heteroatoms. The predicted octanol–water partition coefficient (Wildman–Crippen LogP) is 2.03. The lowest BCUT2D eigenvalue weighted by Crippen LogP contribution is -2.24. The Balaban J connectivity index is 2.68. The van der Waals surface area contributed by atoms with Gasteiger partial charge in [0.05, 0.1) is 12.8 Å². The predicted molar refractivity (Wildman–Crippen MR) is 83.6 cm³/mol. The van der Waals surface area contributed by atoms with Crippen LogP contribution in [-0.2, 0) is 4.74 Å². The van der Waals surface area contributed by atoms with Crippen LogP contribution in [0.15, 0.2) is 27.8 Å². The molecule has 104 valence electrons. The van der Waals surface area contributed by atoms with Crippen molar-refractivity contribution in [2.24, 2.45) is 10.8 Å². The second-order valence-electron chi connectivity index (χ2n) is 3.46. The van der Waals surface area contributed by atoms with E-state index in [-0.39, 0.29) is 5.11 Å². The van der Waals surface area contributed by atoms with Crippen molar-refractivity contribution < 1.29 is 9.47 Å². The molecule has 0 fully saturated rings. The molecule has 0 radical (unpaired) electrons. The topological polar surface area (TPSA) is 68.9 Å².